The van der Waals surface area contributed by atoms with Gasteiger partial charge in [0.25, 0.3) is 0 Å². The zero-order valence-corrected chi connectivity index (χ0v) is 11.9. The van der Waals surface area contributed by atoms with E-state index in [1.165, 1.54) is 0 Å². The standard InChI is InChI=1S/C18H14O4/c1-11(18(20)21)12-6-4-7-14(9-12)17(19)16-10-13-5-2-3-8-15(13)22-16/h2-11H,1H3,(H,20,21)/t11-/m1/s1. The van der Waals surface area contributed by atoms with Gasteiger partial charge < -0.3 is 9.52 Å². The molecule has 110 valence electrons. The number of carbonyl (C=O) groups excluding carboxylic acids is 1. The third-order valence-electron chi connectivity index (χ3n) is 3.67. The molecule has 3 rings (SSSR count). The van der Waals surface area contributed by atoms with Crippen LogP contribution in [0.4, 0.5) is 0 Å². The van der Waals surface area contributed by atoms with Crippen molar-refractivity contribution < 1.29 is 19.1 Å². The van der Waals surface area contributed by atoms with Gasteiger partial charge in [0.05, 0.1) is 5.92 Å². The van der Waals surface area contributed by atoms with Gasteiger partial charge in [-0.05, 0) is 30.7 Å². The quantitative estimate of drug-likeness (QED) is 0.742. The van der Waals surface area contributed by atoms with Crippen LogP contribution in [0.5, 0.6) is 0 Å². The van der Waals surface area contributed by atoms with Gasteiger partial charge in [0.15, 0.2) is 5.76 Å². The van der Waals surface area contributed by atoms with Gasteiger partial charge in [-0.25, -0.2) is 0 Å². The Morgan fingerprint density at radius 1 is 1.05 bits per heavy atom. The van der Waals surface area contributed by atoms with Gasteiger partial charge in [-0.1, -0.05) is 36.4 Å². The number of ketones is 1. The van der Waals surface area contributed by atoms with E-state index in [4.69, 9.17) is 9.52 Å². The summed E-state index contributed by atoms with van der Waals surface area (Å²) in [5.41, 5.74) is 1.67. The van der Waals surface area contributed by atoms with Crippen molar-refractivity contribution in [2.24, 2.45) is 0 Å². The van der Waals surface area contributed by atoms with E-state index in [9.17, 15) is 9.59 Å². The molecular weight excluding hydrogens is 280 g/mol. The second kappa shape index (κ2) is 5.48. The first-order chi connectivity index (χ1) is 10.6. The van der Waals surface area contributed by atoms with E-state index in [2.05, 4.69) is 0 Å². The Hall–Kier alpha value is -2.88. The highest BCUT2D eigenvalue weighted by Gasteiger charge is 2.18. The monoisotopic (exact) mass is 294 g/mol. The van der Waals surface area contributed by atoms with Crippen LogP contribution in [-0.4, -0.2) is 16.9 Å². The highest BCUT2D eigenvalue weighted by Crippen LogP contribution is 2.23. The molecule has 0 amide bonds. The number of furan rings is 1. The Kier molecular flexibility index (Phi) is 3.51. The Balaban J connectivity index is 1.98. The Labute approximate surface area is 127 Å². The van der Waals surface area contributed by atoms with Crippen LogP contribution >= 0.6 is 0 Å². The Morgan fingerprint density at radius 2 is 1.82 bits per heavy atom. The molecule has 1 heterocycles. The normalized spacial score (nSPS) is 12.2. The molecular formula is C18H14O4. The van der Waals surface area contributed by atoms with Gasteiger partial charge in [0.1, 0.15) is 5.58 Å². The molecule has 0 saturated heterocycles. The van der Waals surface area contributed by atoms with Crippen molar-refractivity contribution in [1.82, 2.24) is 0 Å². The average Bonchev–Trinajstić information content (AvgIpc) is 2.97. The molecule has 0 bridgehead atoms. The summed E-state index contributed by atoms with van der Waals surface area (Å²) in [4.78, 5) is 23.6. The van der Waals surface area contributed by atoms with Crippen LogP contribution in [0.15, 0.2) is 59.0 Å². The van der Waals surface area contributed by atoms with Crippen molar-refractivity contribution in [3.63, 3.8) is 0 Å². The zero-order chi connectivity index (χ0) is 15.7. The summed E-state index contributed by atoms with van der Waals surface area (Å²) in [7, 11) is 0. The molecule has 0 spiro atoms. The molecule has 1 N–H and O–H groups in total. The smallest absolute Gasteiger partial charge is 0.310 e. The molecule has 1 atom stereocenters. The predicted octanol–water partition coefficient (Wildman–Crippen LogP) is 3.85. The molecule has 0 unspecified atom stereocenters. The topological polar surface area (TPSA) is 67.5 Å². The van der Waals surface area contributed by atoms with Crippen LogP contribution in [0.2, 0.25) is 0 Å². The number of hydrogen-bond donors (Lipinski definition) is 1. The average molecular weight is 294 g/mol. The number of carbonyl (C=O) groups is 2. The van der Waals surface area contributed by atoms with Crippen LogP contribution in [0.1, 0.15) is 34.5 Å². The number of carboxylic acids is 1. The molecule has 0 saturated carbocycles. The second-order valence-electron chi connectivity index (χ2n) is 5.16. The summed E-state index contributed by atoms with van der Waals surface area (Å²) >= 11 is 0. The van der Waals surface area contributed by atoms with Crippen molar-refractivity contribution in [3.05, 3.63) is 71.5 Å². The molecule has 0 radical (unpaired) electrons. The van der Waals surface area contributed by atoms with Crippen molar-refractivity contribution >= 4 is 22.7 Å². The fourth-order valence-electron chi connectivity index (χ4n) is 2.33. The molecule has 2 aromatic carbocycles. The maximum Gasteiger partial charge on any atom is 0.310 e. The van der Waals surface area contributed by atoms with Crippen molar-refractivity contribution in [2.75, 3.05) is 0 Å². The number of aliphatic carboxylic acids is 1. The molecule has 0 aliphatic carbocycles. The van der Waals surface area contributed by atoms with Crippen LogP contribution in [0, 0.1) is 0 Å². The van der Waals surface area contributed by atoms with Gasteiger partial charge in [-0.15, -0.1) is 0 Å². The number of para-hydroxylation sites is 1. The summed E-state index contributed by atoms with van der Waals surface area (Å²) in [5, 5.41) is 9.94. The van der Waals surface area contributed by atoms with Crippen molar-refractivity contribution in [3.8, 4) is 0 Å². The van der Waals surface area contributed by atoms with Gasteiger partial charge >= 0.3 is 5.97 Å². The number of hydrogen-bond acceptors (Lipinski definition) is 3. The second-order valence-corrected chi connectivity index (χ2v) is 5.16. The lowest BCUT2D eigenvalue weighted by atomic mass is 9.97. The highest BCUT2D eigenvalue weighted by atomic mass is 16.4. The minimum atomic E-state index is -0.923. The summed E-state index contributed by atoms with van der Waals surface area (Å²) in [5.74, 6) is -1.59. The molecule has 1 aromatic heterocycles. The molecule has 4 nitrogen and oxygen atoms in total. The van der Waals surface area contributed by atoms with Crippen molar-refractivity contribution in [2.45, 2.75) is 12.8 Å². The zero-order valence-electron chi connectivity index (χ0n) is 11.9. The first-order valence-corrected chi connectivity index (χ1v) is 6.92. The van der Waals surface area contributed by atoms with E-state index in [0.29, 0.717) is 16.7 Å². The molecule has 0 fully saturated rings. The predicted molar refractivity (Wildman–Crippen MR) is 82.1 cm³/mol. The minimum absolute atomic E-state index is 0.251. The van der Waals surface area contributed by atoms with Crippen LogP contribution < -0.4 is 0 Å². The van der Waals surface area contributed by atoms with E-state index in [0.717, 1.165) is 5.39 Å². The Bertz CT molecular complexity index is 827. The lowest BCUT2D eigenvalue weighted by Crippen LogP contribution is -2.08. The van der Waals surface area contributed by atoms with Crippen molar-refractivity contribution in [1.29, 1.82) is 0 Å². The SMILES string of the molecule is C[C@@H](C(=O)O)c1cccc(C(=O)c2cc3ccccc3o2)c1. The molecule has 3 aromatic rings. The van der Waals surface area contributed by atoms with Crippen LogP contribution in [-0.2, 0) is 4.79 Å². The summed E-state index contributed by atoms with van der Waals surface area (Å²) < 4.78 is 5.57. The molecule has 4 heteroatoms. The van der Waals surface area contributed by atoms with Crippen LogP contribution in [0.25, 0.3) is 11.0 Å². The third-order valence-corrected chi connectivity index (χ3v) is 3.67. The molecule has 0 aliphatic rings. The van der Waals surface area contributed by atoms with E-state index < -0.39 is 11.9 Å². The first-order valence-electron chi connectivity index (χ1n) is 6.92. The number of carboxylic acid groups (broad SMARTS) is 1. The largest absolute Gasteiger partial charge is 0.481 e. The fourth-order valence-corrected chi connectivity index (χ4v) is 2.33. The van der Waals surface area contributed by atoms with E-state index in [1.54, 1.807) is 43.3 Å². The minimum Gasteiger partial charge on any atom is -0.481 e. The number of rotatable bonds is 4. The van der Waals surface area contributed by atoms with Crippen LogP contribution in [0.3, 0.4) is 0 Å². The lowest BCUT2D eigenvalue weighted by molar-refractivity contribution is -0.138. The van der Waals surface area contributed by atoms with E-state index in [-0.39, 0.29) is 11.5 Å². The van der Waals surface area contributed by atoms with Gasteiger partial charge in [0, 0.05) is 10.9 Å². The summed E-state index contributed by atoms with van der Waals surface area (Å²) in [6, 6.07) is 15.7. The Morgan fingerprint density at radius 3 is 2.55 bits per heavy atom. The van der Waals surface area contributed by atoms with E-state index in [1.807, 2.05) is 18.2 Å². The maximum absolute atomic E-state index is 12.5. The number of benzene rings is 2. The molecule has 0 aliphatic heterocycles. The van der Waals surface area contributed by atoms with Gasteiger partial charge in [0.2, 0.25) is 5.78 Å². The van der Waals surface area contributed by atoms with E-state index >= 15 is 0 Å². The third kappa shape index (κ3) is 2.51. The maximum atomic E-state index is 12.5. The van der Waals surface area contributed by atoms with Gasteiger partial charge in [-0.2, -0.15) is 0 Å². The fraction of sp³-hybridized carbons (Fsp3) is 0.111. The highest BCUT2D eigenvalue weighted by molar-refractivity contribution is 6.09. The summed E-state index contributed by atoms with van der Waals surface area (Å²) in [6.45, 7) is 1.59. The lowest BCUT2D eigenvalue weighted by Gasteiger charge is -2.07. The first kappa shape index (κ1) is 14.1. The van der Waals surface area contributed by atoms with Gasteiger partial charge in [-0.3, -0.25) is 9.59 Å². The number of fused-ring (bicyclic) bond motifs is 1. The summed E-state index contributed by atoms with van der Waals surface area (Å²) in [6.07, 6.45) is 0. The molecule has 22 heavy (non-hydrogen) atoms.